The molecule has 118 valence electrons. The van der Waals surface area contributed by atoms with Crippen molar-refractivity contribution in [3.63, 3.8) is 0 Å². The molecule has 0 saturated carbocycles. The summed E-state index contributed by atoms with van der Waals surface area (Å²) in [6.07, 6.45) is 3.38. The molecular weight excluding hydrogens is 292 g/mol. The zero-order valence-electron chi connectivity index (χ0n) is 12.4. The van der Waals surface area contributed by atoms with Gasteiger partial charge >= 0.3 is 0 Å². The molecule has 0 bridgehead atoms. The van der Waals surface area contributed by atoms with Gasteiger partial charge in [0, 0.05) is 6.61 Å². The van der Waals surface area contributed by atoms with E-state index in [4.69, 9.17) is 15.2 Å². The zero-order valence-corrected chi connectivity index (χ0v) is 13.2. The van der Waals surface area contributed by atoms with E-state index in [9.17, 15) is 4.79 Å². The molecule has 1 atom stereocenters. The standard InChI is InChI=1S/C13H22N4O3S/c1-13(2,11-16-17-12(14)21-11)15-10(18)8-19-7-9-5-3-4-6-20-9/h9H,3-8H2,1-2H3,(H2,14,17)(H,15,18)/t9-/m1/s1. The monoisotopic (exact) mass is 314 g/mol. The Hall–Kier alpha value is -1.25. The molecule has 1 amide bonds. The van der Waals surface area contributed by atoms with Crippen LogP contribution in [0.15, 0.2) is 0 Å². The SMILES string of the molecule is CC(C)(NC(=O)COC[C@H]1CCCCO1)c1nnc(N)s1. The molecule has 0 spiro atoms. The van der Waals surface area contributed by atoms with Gasteiger partial charge in [-0.25, -0.2) is 0 Å². The number of hydrogen-bond acceptors (Lipinski definition) is 7. The van der Waals surface area contributed by atoms with Crippen molar-refractivity contribution < 1.29 is 14.3 Å². The highest BCUT2D eigenvalue weighted by molar-refractivity contribution is 7.15. The first-order valence-electron chi connectivity index (χ1n) is 7.07. The number of amides is 1. The van der Waals surface area contributed by atoms with E-state index in [0.717, 1.165) is 25.9 Å². The van der Waals surface area contributed by atoms with Crippen molar-refractivity contribution >= 4 is 22.4 Å². The lowest BCUT2D eigenvalue weighted by Crippen LogP contribution is -2.43. The van der Waals surface area contributed by atoms with Crippen LogP contribution in [0.2, 0.25) is 0 Å². The van der Waals surface area contributed by atoms with Gasteiger partial charge in [-0.05, 0) is 33.1 Å². The highest BCUT2D eigenvalue weighted by atomic mass is 32.1. The van der Waals surface area contributed by atoms with Gasteiger partial charge in [0.2, 0.25) is 11.0 Å². The Morgan fingerprint density at radius 3 is 2.95 bits per heavy atom. The van der Waals surface area contributed by atoms with Crippen LogP contribution in [0.5, 0.6) is 0 Å². The molecular formula is C13H22N4O3S. The maximum Gasteiger partial charge on any atom is 0.246 e. The zero-order chi connectivity index (χ0) is 15.3. The number of aromatic nitrogens is 2. The lowest BCUT2D eigenvalue weighted by molar-refractivity contribution is -0.129. The highest BCUT2D eigenvalue weighted by Gasteiger charge is 2.27. The summed E-state index contributed by atoms with van der Waals surface area (Å²) in [4.78, 5) is 11.9. The minimum atomic E-state index is -0.614. The minimum absolute atomic E-state index is 0.0115. The lowest BCUT2D eigenvalue weighted by Gasteiger charge is -2.24. The van der Waals surface area contributed by atoms with Crippen molar-refractivity contribution in [2.24, 2.45) is 0 Å². The Bertz CT molecular complexity index is 472. The van der Waals surface area contributed by atoms with Crippen LogP contribution in [0, 0.1) is 0 Å². The quantitative estimate of drug-likeness (QED) is 0.814. The van der Waals surface area contributed by atoms with Crippen molar-refractivity contribution in [2.45, 2.75) is 44.8 Å². The minimum Gasteiger partial charge on any atom is -0.376 e. The molecule has 7 nitrogen and oxygen atoms in total. The van der Waals surface area contributed by atoms with Gasteiger partial charge in [0.1, 0.15) is 11.6 Å². The molecule has 0 aromatic carbocycles. The maximum absolute atomic E-state index is 11.9. The van der Waals surface area contributed by atoms with Gasteiger partial charge in [0.15, 0.2) is 0 Å². The lowest BCUT2D eigenvalue weighted by atomic mass is 10.1. The van der Waals surface area contributed by atoms with E-state index in [0.29, 0.717) is 16.7 Å². The van der Waals surface area contributed by atoms with Crippen LogP contribution in [0.25, 0.3) is 0 Å². The van der Waals surface area contributed by atoms with Crippen LogP contribution in [0.4, 0.5) is 5.13 Å². The van der Waals surface area contributed by atoms with Gasteiger partial charge in [0.05, 0.1) is 18.2 Å². The van der Waals surface area contributed by atoms with E-state index in [1.165, 1.54) is 11.3 Å². The van der Waals surface area contributed by atoms with Gasteiger partial charge in [-0.1, -0.05) is 11.3 Å². The predicted molar refractivity (Wildman–Crippen MR) is 79.9 cm³/mol. The summed E-state index contributed by atoms with van der Waals surface area (Å²) in [6.45, 7) is 4.97. The molecule has 1 saturated heterocycles. The summed E-state index contributed by atoms with van der Waals surface area (Å²) in [6, 6.07) is 0. The number of rotatable bonds is 6. The number of carbonyl (C=O) groups excluding carboxylic acids is 1. The third kappa shape index (κ3) is 4.90. The van der Waals surface area contributed by atoms with Crippen LogP contribution in [-0.4, -0.2) is 42.0 Å². The first-order chi connectivity index (χ1) is 9.97. The van der Waals surface area contributed by atoms with Crippen LogP contribution in [0.3, 0.4) is 0 Å². The Morgan fingerprint density at radius 2 is 2.33 bits per heavy atom. The van der Waals surface area contributed by atoms with Gasteiger partial charge < -0.3 is 20.5 Å². The Labute approximate surface area is 128 Å². The summed E-state index contributed by atoms with van der Waals surface area (Å²) in [7, 11) is 0. The summed E-state index contributed by atoms with van der Waals surface area (Å²) < 4.78 is 11.0. The molecule has 0 aliphatic carbocycles. The maximum atomic E-state index is 11.9. The third-order valence-electron chi connectivity index (χ3n) is 3.24. The number of hydrogen-bond donors (Lipinski definition) is 2. The fourth-order valence-electron chi connectivity index (χ4n) is 2.15. The van der Waals surface area contributed by atoms with Gasteiger partial charge in [-0.15, -0.1) is 10.2 Å². The molecule has 1 aromatic heterocycles. The van der Waals surface area contributed by atoms with E-state index in [2.05, 4.69) is 15.5 Å². The van der Waals surface area contributed by atoms with E-state index in [1.54, 1.807) is 0 Å². The van der Waals surface area contributed by atoms with Crippen molar-refractivity contribution in [2.75, 3.05) is 25.6 Å². The molecule has 1 aliphatic heterocycles. The molecule has 21 heavy (non-hydrogen) atoms. The van der Waals surface area contributed by atoms with Crippen LogP contribution in [-0.2, 0) is 19.8 Å². The van der Waals surface area contributed by atoms with Gasteiger partial charge in [0.25, 0.3) is 0 Å². The molecule has 0 unspecified atom stereocenters. The van der Waals surface area contributed by atoms with Crippen molar-refractivity contribution in [1.29, 1.82) is 0 Å². The average molecular weight is 314 g/mol. The first-order valence-corrected chi connectivity index (χ1v) is 7.89. The van der Waals surface area contributed by atoms with E-state index < -0.39 is 5.54 Å². The molecule has 8 heteroatoms. The molecule has 0 radical (unpaired) electrons. The molecule has 1 fully saturated rings. The van der Waals surface area contributed by atoms with Gasteiger partial charge in [-0.3, -0.25) is 4.79 Å². The summed E-state index contributed by atoms with van der Waals surface area (Å²) in [5.74, 6) is -0.190. The number of nitrogen functional groups attached to an aromatic ring is 1. The molecule has 3 N–H and O–H groups in total. The second kappa shape index (κ2) is 7.15. The van der Waals surface area contributed by atoms with E-state index in [1.807, 2.05) is 13.8 Å². The molecule has 1 aliphatic rings. The Balaban J connectivity index is 1.73. The van der Waals surface area contributed by atoms with Crippen LogP contribution < -0.4 is 11.1 Å². The van der Waals surface area contributed by atoms with Gasteiger partial charge in [-0.2, -0.15) is 0 Å². The fraction of sp³-hybridized carbons (Fsp3) is 0.769. The third-order valence-corrected chi connectivity index (χ3v) is 4.31. The molecule has 2 rings (SSSR count). The van der Waals surface area contributed by atoms with E-state index >= 15 is 0 Å². The van der Waals surface area contributed by atoms with E-state index in [-0.39, 0.29) is 18.6 Å². The normalized spacial score (nSPS) is 19.4. The van der Waals surface area contributed by atoms with Crippen LogP contribution >= 0.6 is 11.3 Å². The Kier molecular flexibility index (Phi) is 5.49. The molecule has 2 heterocycles. The average Bonchev–Trinajstić information content (AvgIpc) is 2.87. The van der Waals surface area contributed by atoms with Crippen molar-refractivity contribution in [1.82, 2.24) is 15.5 Å². The summed E-state index contributed by atoms with van der Waals surface area (Å²) in [5, 5.41) is 11.7. The predicted octanol–water partition coefficient (Wildman–Crippen LogP) is 1.06. The number of nitrogens with two attached hydrogens (primary N) is 1. The topological polar surface area (TPSA) is 99.4 Å². The fourth-order valence-corrected chi connectivity index (χ4v) is 2.81. The van der Waals surface area contributed by atoms with Crippen molar-refractivity contribution in [3.05, 3.63) is 5.01 Å². The van der Waals surface area contributed by atoms with Crippen LogP contribution in [0.1, 0.15) is 38.1 Å². The summed E-state index contributed by atoms with van der Waals surface area (Å²) >= 11 is 1.26. The van der Waals surface area contributed by atoms with Crippen molar-refractivity contribution in [3.8, 4) is 0 Å². The number of nitrogens with one attached hydrogen (secondary N) is 1. The second-order valence-electron chi connectivity index (χ2n) is 5.62. The number of carbonyl (C=O) groups is 1. The second-order valence-corrected chi connectivity index (χ2v) is 6.63. The largest absolute Gasteiger partial charge is 0.376 e. The number of ether oxygens (including phenoxy) is 2. The molecule has 1 aromatic rings. The Morgan fingerprint density at radius 1 is 1.52 bits per heavy atom. The number of anilines is 1. The smallest absolute Gasteiger partial charge is 0.246 e. The summed E-state index contributed by atoms with van der Waals surface area (Å²) in [5.41, 5.74) is 4.95. The highest BCUT2D eigenvalue weighted by Crippen LogP contribution is 2.24. The number of nitrogens with zero attached hydrogens (tertiary/aromatic N) is 2. The first kappa shape index (κ1) is 16.1.